The van der Waals surface area contributed by atoms with E-state index in [2.05, 4.69) is 22.9 Å². The van der Waals surface area contributed by atoms with Crippen molar-refractivity contribution in [3.63, 3.8) is 0 Å². The minimum atomic E-state index is -0.315. The first-order chi connectivity index (χ1) is 14.5. The lowest BCUT2D eigenvalue weighted by Gasteiger charge is -2.12. The Morgan fingerprint density at radius 2 is 1.83 bits per heavy atom. The van der Waals surface area contributed by atoms with Gasteiger partial charge in [0, 0.05) is 23.2 Å². The zero-order chi connectivity index (χ0) is 21.5. The lowest BCUT2D eigenvalue weighted by molar-refractivity contribution is -0.119. The number of thiocarbonyl (C=S) groups is 1. The van der Waals surface area contributed by atoms with Crippen LogP contribution in [0.5, 0.6) is 0 Å². The molecule has 0 spiro atoms. The normalized spacial score (nSPS) is 10.6. The van der Waals surface area contributed by atoms with Crippen LogP contribution < -0.4 is 16.0 Å². The molecular weight excluding hydrogens is 398 g/mol. The molecule has 0 aliphatic rings. The number of fused-ring (bicyclic) bond motifs is 1. The highest BCUT2D eigenvalue weighted by molar-refractivity contribution is 7.80. The van der Waals surface area contributed by atoms with Crippen LogP contribution in [0, 0.1) is 6.92 Å². The highest BCUT2D eigenvalue weighted by Gasteiger charge is 2.14. The van der Waals surface area contributed by atoms with Gasteiger partial charge in [0.05, 0.1) is 0 Å². The van der Waals surface area contributed by atoms with Crippen molar-refractivity contribution in [2.24, 2.45) is 0 Å². The van der Waals surface area contributed by atoms with Gasteiger partial charge in [0.15, 0.2) is 10.9 Å². The summed E-state index contributed by atoms with van der Waals surface area (Å²) in [7, 11) is 0. The number of benzene rings is 2. The average Bonchev–Trinajstić information content (AvgIpc) is 3.14. The average molecular weight is 424 g/mol. The molecule has 0 bridgehead atoms. The second kappa shape index (κ2) is 10.0. The Morgan fingerprint density at radius 3 is 2.57 bits per heavy atom. The third kappa shape index (κ3) is 5.67. The number of anilines is 2. The van der Waals surface area contributed by atoms with E-state index in [-0.39, 0.29) is 22.7 Å². The van der Waals surface area contributed by atoms with Crippen LogP contribution in [0.1, 0.15) is 48.7 Å². The van der Waals surface area contributed by atoms with Gasteiger partial charge in [-0.3, -0.25) is 9.59 Å². The number of hydrogen-bond donors (Lipinski definition) is 3. The molecule has 1 aromatic heterocycles. The van der Waals surface area contributed by atoms with Crippen LogP contribution in [-0.2, 0) is 4.79 Å². The fourth-order valence-corrected chi connectivity index (χ4v) is 3.28. The highest BCUT2D eigenvalue weighted by Crippen LogP contribution is 2.23. The van der Waals surface area contributed by atoms with E-state index >= 15 is 0 Å². The summed E-state index contributed by atoms with van der Waals surface area (Å²) >= 11 is 5.21. The first-order valence-electron chi connectivity index (χ1n) is 9.97. The van der Waals surface area contributed by atoms with Gasteiger partial charge in [-0.25, -0.2) is 0 Å². The number of nitrogens with one attached hydrogen (secondary N) is 3. The van der Waals surface area contributed by atoms with Crippen LogP contribution in [0.3, 0.4) is 0 Å². The maximum atomic E-state index is 12.5. The van der Waals surface area contributed by atoms with Gasteiger partial charge in [-0.05, 0) is 61.5 Å². The largest absolute Gasteiger partial charge is 0.451 e. The van der Waals surface area contributed by atoms with Gasteiger partial charge < -0.3 is 20.4 Å². The fourth-order valence-electron chi connectivity index (χ4n) is 3.05. The highest BCUT2D eigenvalue weighted by atomic mass is 32.1. The van der Waals surface area contributed by atoms with Crippen LogP contribution in [0.25, 0.3) is 11.0 Å². The minimum absolute atomic E-state index is 0.0904. The summed E-state index contributed by atoms with van der Waals surface area (Å²) in [5.41, 5.74) is 2.92. The Kier molecular flexibility index (Phi) is 7.19. The molecule has 0 aliphatic carbocycles. The van der Waals surface area contributed by atoms with E-state index in [9.17, 15) is 9.59 Å². The molecule has 0 saturated heterocycles. The molecule has 2 aromatic carbocycles. The molecule has 0 atom stereocenters. The number of furan rings is 1. The van der Waals surface area contributed by atoms with Crippen LogP contribution in [0.4, 0.5) is 11.4 Å². The predicted octanol–water partition coefficient (Wildman–Crippen LogP) is 5.39. The summed E-state index contributed by atoms with van der Waals surface area (Å²) in [6.45, 7) is 3.97. The third-order valence-electron chi connectivity index (χ3n) is 4.64. The molecule has 0 aliphatic heterocycles. The van der Waals surface area contributed by atoms with Gasteiger partial charge in [0.1, 0.15) is 5.58 Å². The molecule has 3 N–H and O–H groups in total. The van der Waals surface area contributed by atoms with Gasteiger partial charge in [-0.2, -0.15) is 0 Å². The monoisotopic (exact) mass is 423 g/mol. The Hall–Kier alpha value is -3.19. The van der Waals surface area contributed by atoms with Gasteiger partial charge in [-0.15, -0.1) is 0 Å². The second-order valence-electron chi connectivity index (χ2n) is 7.09. The second-order valence-corrected chi connectivity index (χ2v) is 7.50. The molecular formula is C23H25N3O3S. The van der Waals surface area contributed by atoms with E-state index in [1.807, 2.05) is 37.3 Å². The van der Waals surface area contributed by atoms with E-state index in [1.54, 1.807) is 18.2 Å². The molecule has 6 nitrogen and oxygen atoms in total. The lowest BCUT2D eigenvalue weighted by atomic mass is 10.1. The van der Waals surface area contributed by atoms with E-state index in [4.69, 9.17) is 16.6 Å². The summed E-state index contributed by atoms with van der Waals surface area (Å²) in [4.78, 5) is 24.4. The Labute approximate surface area is 181 Å². The molecule has 156 valence electrons. The van der Waals surface area contributed by atoms with Gasteiger partial charge in [-0.1, -0.05) is 38.0 Å². The number of amides is 2. The fraction of sp³-hybridized carbons (Fsp3) is 0.261. The van der Waals surface area contributed by atoms with Crippen LogP contribution in [-0.4, -0.2) is 16.9 Å². The number of rotatable bonds is 7. The maximum Gasteiger partial charge on any atom is 0.291 e. The van der Waals surface area contributed by atoms with Crippen LogP contribution in [0.2, 0.25) is 0 Å². The SMILES string of the molecule is CCCCCC(=O)NC(=S)Nc1ccc(NC(=O)c2cc3ccccc3o2)c(C)c1. The molecule has 0 fully saturated rings. The van der Waals surface area contributed by atoms with Crippen LogP contribution in [0.15, 0.2) is 52.9 Å². The number of aryl methyl sites for hydroxylation is 1. The van der Waals surface area contributed by atoms with Gasteiger partial charge in [0.25, 0.3) is 5.91 Å². The van der Waals surface area contributed by atoms with Gasteiger partial charge in [0.2, 0.25) is 5.91 Å². The Bertz CT molecular complexity index is 1040. The van der Waals surface area contributed by atoms with E-state index in [0.29, 0.717) is 17.7 Å². The van der Waals surface area contributed by atoms with Crippen molar-refractivity contribution < 1.29 is 14.0 Å². The minimum Gasteiger partial charge on any atom is -0.451 e. The molecule has 0 unspecified atom stereocenters. The van der Waals surface area contributed by atoms with Crippen LogP contribution >= 0.6 is 12.2 Å². The van der Waals surface area contributed by atoms with E-state index in [0.717, 1.165) is 35.9 Å². The molecule has 30 heavy (non-hydrogen) atoms. The number of para-hydroxylation sites is 1. The Morgan fingerprint density at radius 1 is 1.03 bits per heavy atom. The predicted molar refractivity (Wildman–Crippen MR) is 124 cm³/mol. The third-order valence-corrected chi connectivity index (χ3v) is 4.85. The standard InChI is InChI=1S/C23H25N3O3S/c1-3-4-5-10-21(27)26-23(30)24-17-11-12-18(15(2)13-17)25-22(28)20-14-16-8-6-7-9-19(16)29-20/h6-9,11-14H,3-5,10H2,1-2H3,(H,25,28)(H2,24,26,27,30). The van der Waals surface area contributed by atoms with Gasteiger partial charge >= 0.3 is 0 Å². The van der Waals surface area contributed by atoms with Crippen molar-refractivity contribution in [1.29, 1.82) is 0 Å². The van der Waals surface area contributed by atoms with E-state index in [1.165, 1.54) is 0 Å². The molecule has 0 saturated carbocycles. The summed E-state index contributed by atoms with van der Waals surface area (Å²) in [6, 6.07) is 14.6. The topological polar surface area (TPSA) is 83.4 Å². The first-order valence-corrected chi connectivity index (χ1v) is 10.4. The van der Waals surface area contributed by atoms with E-state index < -0.39 is 0 Å². The molecule has 3 rings (SSSR count). The molecule has 1 heterocycles. The number of hydrogen-bond acceptors (Lipinski definition) is 4. The Balaban J connectivity index is 1.58. The zero-order valence-corrected chi connectivity index (χ0v) is 17.9. The maximum absolute atomic E-state index is 12.5. The van der Waals surface area contributed by atoms with Crippen molar-refractivity contribution >= 4 is 51.5 Å². The summed E-state index contributed by atoms with van der Waals surface area (Å²) in [5, 5.41) is 9.69. The van der Waals surface area contributed by atoms with Crippen molar-refractivity contribution in [1.82, 2.24) is 5.32 Å². The molecule has 3 aromatic rings. The van der Waals surface area contributed by atoms with Crippen molar-refractivity contribution in [3.8, 4) is 0 Å². The summed E-state index contributed by atoms with van der Waals surface area (Å²) in [5.74, 6) is -0.151. The summed E-state index contributed by atoms with van der Waals surface area (Å²) in [6.07, 6.45) is 3.40. The van der Waals surface area contributed by atoms with Crippen molar-refractivity contribution in [3.05, 3.63) is 59.9 Å². The number of unbranched alkanes of at least 4 members (excludes halogenated alkanes) is 2. The molecule has 7 heteroatoms. The zero-order valence-electron chi connectivity index (χ0n) is 17.1. The van der Waals surface area contributed by atoms with Crippen molar-refractivity contribution in [2.75, 3.05) is 10.6 Å². The molecule has 0 radical (unpaired) electrons. The smallest absolute Gasteiger partial charge is 0.291 e. The molecule has 2 amide bonds. The summed E-state index contributed by atoms with van der Waals surface area (Å²) < 4.78 is 5.61. The quantitative estimate of drug-likeness (QED) is 0.351. The number of carbonyl (C=O) groups is 2. The first kappa shape index (κ1) is 21.5. The number of carbonyl (C=O) groups excluding carboxylic acids is 2. The lowest BCUT2D eigenvalue weighted by Crippen LogP contribution is -2.33. The van der Waals surface area contributed by atoms with Crippen molar-refractivity contribution in [2.45, 2.75) is 39.5 Å².